The van der Waals surface area contributed by atoms with Crippen LogP contribution in [0.25, 0.3) is 0 Å². The van der Waals surface area contributed by atoms with Gasteiger partial charge in [0, 0.05) is 36.2 Å². The van der Waals surface area contributed by atoms with Gasteiger partial charge in [-0.3, -0.25) is 9.59 Å². The Kier molecular flexibility index (Phi) is 6.42. The van der Waals surface area contributed by atoms with Crippen LogP contribution in [0.4, 0.5) is 0 Å². The SMILES string of the molecule is COc1ccc(OC)c([C@H]2CN(C(=O)c3ccccc3)C[C@@H]2C(=O)NC(C)C)c1. The Morgan fingerprint density at radius 1 is 1.03 bits per heavy atom. The minimum absolute atomic E-state index is 0.0224. The summed E-state index contributed by atoms with van der Waals surface area (Å²) >= 11 is 0. The molecule has 1 saturated heterocycles. The van der Waals surface area contributed by atoms with Gasteiger partial charge in [0.2, 0.25) is 5.91 Å². The van der Waals surface area contributed by atoms with Gasteiger partial charge in [0.1, 0.15) is 11.5 Å². The average Bonchev–Trinajstić information content (AvgIpc) is 3.18. The first-order chi connectivity index (χ1) is 13.9. The number of benzene rings is 2. The van der Waals surface area contributed by atoms with E-state index in [0.717, 1.165) is 5.56 Å². The molecule has 0 unspecified atom stereocenters. The number of rotatable bonds is 6. The summed E-state index contributed by atoms with van der Waals surface area (Å²) in [7, 11) is 3.21. The molecule has 2 amide bonds. The number of carbonyl (C=O) groups is 2. The van der Waals surface area contributed by atoms with Crippen molar-refractivity contribution in [2.75, 3.05) is 27.3 Å². The molecule has 0 bridgehead atoms. The van der Waals surface area contributed by atoms with Gasteiger partial charge in [0.05, 0.1) is 20.1 Å². The molecule has 1 N–H and O–H groups in total. The second kappa shape index (κ2) is 8.99. The number of amides is 2. The molecule has 154 valence electrons. The summed E-state index contributed by atoms with van der Waals surface area (Å²) < 4.78 is 10.9. The van der Waals surface area contributed by atoms with Gasteiger partial charge in [0.25, 0.3) is 5.91 Å². The molecule has 1 fully saturated rings. The largest absolute Gasteiger partial charge is 0.497 e. The quantitative estimate of drug-likeness (QED) is 0.815. The molecule has 2 aromatic carbocycles. The minimum Gasteiger partial charge on any atom is -0.497 e. The zero-order chi connectivity index (χ0) is 21.0. The standard InChI is InChI=1S/C23H28N2O4/c1-15(2)24-22(26)20-14-25(23(27)16-8-6-5-7-9-16)13-19(20)18-12-17(28-3)10-11-21(18)29-4/h5-12,15,19-20H,13-14H2,1-4H3,(H,24,26)/t19-,20+/m1/s1. The maximum Gasteiger partial charge on any atom is 0.253 e. The number of nitrogens with zero attached hydrogens (tertiary/aromatic N) is 1. The van der Waals surface area contributed by atoms with Crippen molar-refractivity contribution < 1.29 is 19.1 Å². The van der Waals surface area contributed by atoms with Gasteiger partial charge in [-0.15, -0.1) is 0 Å². The Hall–Kier alpha value is -3.02. The van der Waals surface area contributed by atoms with Crippen LogP contribution in [0.3, 0.4) is 0 Å². The molecule has 0 saturated carbocycles. The Bertz CT molecular complexity index is 866. The van der Waals surface area contributed by atoms with E-state index in [1.54, 1.807) is 31.3 Å². The van der Waals surface area contributed by atoms with Crippen LogP contribution >= 0.6 is 0 Å². The Balaban J connectivity index is 1.96. The molecular weight excluding hydrogens is 368 g/mol. The predicted octanol–water partition coefficient (Wildman–Crippen LogP) is 3.08. The molecule has 3 rings (SSSR count). The van der Waals surface area contributed by atoms with Crippen molar-refractivity contribution in [1.29, 1.82) is 0 Å². The molecular formula is C23H28N2O4. The lowest BCUT2D eigenvalue weighted by atomic mass is 9.87. The molecule has 1 aliphatic rings. The fourth-order valence-electron chi connectivity index (χ4n) is 3.83. The third-order valence-electron chi connectivity index (χ3n) is 5.23. The molecule has 0 radical (unpaired) electrons. The molecule has 29 heavy (non-hydrogen) atoms. The van der Waals surface area contributed by atoms with E-state index in [9.17, 15) is 9.59 Å². The molecule has 2 aromatic rings. The van der Waals surface area contributed by atoms with E-state index in [4.69, 9.17) is 9.47 Å². The van der Waals surface area contributed by atoms with Crippen LogP contribution in [0.5, 0.6) is 11.5 Å². The summed E-state index contributed by atoms with van der Waals surface area (Å²) in [4.78, 5) is 27.8. The van der Waals surface area contributed by atoms with Crippen LogP contribution in [0.1, 0.15) is 35.7 Å². The summed E-state index contributed by atoms with van der Waals surface area (Å²) in [5.74, 6) is 0.692. The zero-order valence-electron chi connectivity index (χ0n) is 17.3. The molecule has 1 aliphatic heterocycles. The molecule has 2 atom stereocenters. The monoisotopic (exact) mass is 396 g/mol. The third kappa shape index (κ3) is 4.53. The Labute approximate surface area is 171 Å². The van der Waals surface area contributed by atoms with E-state index in [1.807, 2.05) is 50.2 Å². The van der Waals surface area contributed by atoms with Gasteiger partial charge < -0.3 is 19.7 Å². The topological polar surface area (TPSA) is 67.9 Å². The van der Waals surface area contributed by atoms with E-state index in [0.29, 0.717) is 30.2 Å². The second-order valence-corrected chi connectivity index (χ2v) is 7.56. The number of hydrogen-bond donors (Lipinski definition) is 1. The highest BCUT2D eigenvalue weighted by molar-refractivity contribution is 5.95. The van der Waals surface area contributed by atoms with Crippen molar-refractivity contribution in [1.82, 2.24) is 10.2 Å². The lowest BCUT2D eigenvalue weighted by Gasteiger charge is -2.22. The summed E-state index contributed by atoms with van der Waals surface area (Å²) in [5.41, 5.74) is 1.49. The number of likely N-dealkylation sites (tertiary alicyclic amines) is 1. The first-order valence-corrected chi connectivity index (χ1v) is 9.81. The van der Waals surface area contributed by atoms with Crippen LogP contribution in [0.2, 0.25) is 0 Å². The van der Waals surface area contributed by atoms with E-state index in [1.165, 1.54) is 0 Å². The van der Waals surface area contributed by atoms with Crippen molar-refractivity contribution >= 4 is 11.8 Å². The second-order valence-electron chi connectivity index (χ2n) is 7.56. The normalized spacial score (nSPS) is 18.6. The molecule has 0 aliphatic carbocycles. The van der Waals surface area contributed by atoms with Crippen LogP contribution in [-0.4, -0.2) is 50.1 Å². The average molecular weight is 396 g/mol. The smallest absolute Gasteiger partial charge is 0.253 e. The molecule has 0 aromatic heterocycles. The highest BCUT2D eigenvalue weighted by Gasteiger charge is 2.42. The van der Waals surface area contributed by atoms with Crippen molar-refractivity contribution in [3.05, 3.63) is 59.7 Å². The fraction of sp³-hybridized carbons (Fsp3) is 0.391. The minimum atomic E-state index is -0.369. The highest BCUT2D eigenvalue weighted by atomic mass is 16.5. The molecule has 1 heterocycles. The summed E-state index contributed by atoms with van der Waals surface area (Å²) in [6.45, 7) is 4.66. The summed E-state index contributed by atoms with van der Waals surface area (Å²) in [6, 6.07) is 14.7. The van der Waals surface area contributed by atoms with E-state index < -0.39 is 0 Å². The van der Waals surface area contributed by atoms with Crippen LogP contribution in [0.15, 0.2) is 48.5 Å². The van der Waals surface area contributed by atoms with Crippen molar-refractivity contribution in [2.24, 2.45) is 5.92 Å². The summed E-state index contributed by atoms with van der Waals surface area (Å²) in [6.07, 6.45) is 0. The number of methoxy groups -OCH3 is 2. The van der Waals surface area contributed by atoms with Crippen molar-refractivity contribution in [2.45, 2.75) is 25.8 Å². The van der Waals surface area contributed by atoms with Gasteiger partial charge in [-0.1, -0.05) is 18.2 Å². The van der Waals surface area contributed by atoms with Gasteiger partial charge >= 0.3 is 0 Å². The van der Waals surface area contributed by atoms with Crippen molar-refractivity contribution in [3.63, 3.8) is 0 Å². The van der Waals surface area contributed by atoms with Crippen molar-refractivity contribution in [3.8, 4) is 11.5 Å². The van der Waals surface area contributed by atoms with Crippen LogP contribution in [-0.2, 0) is 4.79 Å². The summed E-state index contributed by atoms with van der Waals surface area (Å²) in [5, 5.41) is 3.00. The number of carbonyl (C=O) groups excluding carboxylic acids is 2. The lowest BCUT2D eigenvalue weighted by molar-refractivity contribution is -0.125. The van der Waals surface area contributed by atoms with Gasteiger partial charge in [-0.05, 0) is 44.2 Å². The van der Waals surface area contributed by atoms with Crippen LogP contribution < -0.4 is 14.8 Å². The van der Waals surface area contributed by atoms with Gasteiger partial charge in [-0.25, -0.2) is 0 Å². The number of ether oxygens (including phenoxy) is 2. The zero-order valence-corrected chi connectivity index (χ0v) is 17.3. The Morgan fingerprint density at radius 3 is 2.38 bits per heavy atom. The van der Waals surface area contributed by atoms with Crippen LogP contribution in [0, 0.1) is 5.92 Å². The lowest BCUT2D eigenvalue weighted by Crippen LogP contribution is -2.39. The maximum absolute atomic E-state index is 13.0. The van der Waals surface area contributed by atoms with E-state index in [2.05, 4.69) is 5.32 Å². The van der Waals surface area contributed by atoms with Gasteiger partial charge in [-0.2, -0.15) is 0 Å². The number of hydrogen-bond acceptors (Lipinski definition) is 4. The highest BCUT2D eigenvalue weighted by Crippen LogP contribution is 2.40. The third-order valence-corrected chi connectivity index (χ3v) is 5.23. The maximum atomic E-state index is 13.0. The fourth-order valence-corrected chi connectivity index (χ4v) is 3.83. The Morgan fingerprint density at radius 2 is 1.76 bits per heavy atom. The molecule has 0 spiro atoms. The van der Waals surface area contributed by atoms with Gasteiger partial charge in [0.15, 0.2) is 0 Å². The predicted molar refractivity (Wildman–Crippen MR) is 111 cm³/mol. The number of nitrogens with one attached hydrogen (secondary N) is 1. The first-order valence-electron chi connectivity index (χ1n) is 9.81. The van der Waals surface area contributed by atoms with E-state index in [-0.39, 0.29) is 29.7 Å². The first kappa shape index (κ1) is 20.7. The van der Waals surface area contributed by atoms with E-state index >= 15 is 0 Å². The molecule has 6 nitrogen and oxygen atoms in total. The molecule has 6 heteroatoms.